The lowest BCUT2D eigenvalue weighted by Crippen LogP contribution is -2.68. The van der Waals surface area contributed by atoms with Crippen LogP contribution in [0.1, 0.15) is 11.9 Å². The summed E-state index contributed by atoms with van der Waals surface area (Å²) < 4.78 is 0.863. The number of fused-ring (bicyclic) bond motifs is 1. The number of hydrogen-bond acceptors (Lipinski definition) is 6. The topological polar surface area (TPSA) is 89.9 Å². The Morgan fingerprint density at radius 1 is 1.61 bits per heavy atom. The number of aromatic nitrogens is 4. The summed E-state index contributed by atoms with van der Waals surface area (Å²) in [6.07, 6.45) is 0. The van der Waals surface area contributed by atoms with Gasteiger partial charge in [0.05, 0.1) is 0 Å². The predicted octanol–water partition coefficient (Wildman–Crippen LogP) is -0.989. The van der Waals surface area contributed by atoms with Crippen LogP contribution < -0.4 is 5.73 Å². The number of amides is 1. The summed E-state index contributed by atoms with van der Waals surface area (Å²) in [6.45, 7) is 0. The quantitative estimate of drug-likeness (QED) is 0.426. The molecule has 0 saturated carbocycles. The molecule has 1 aromatic heterocycles. The lowest BCUT2D eigenvalue weighted by Gasteiger charge is -2.50. The van der Waals surface area contributed by atoms with Crippen LogP contribution in [0.5, 0.6) is 0 Å². The average molecular weight is 283 g/mol. The minimum Gasteiger partial charge on any atom is -0.317 e. The largest absolute Gasteiger partial charge is 0.317 e. The van der Waals surface area contributed by atoms with Gasteiger partial charge in [0.2, 0.25) is 5.91 Å². The number of nitrogens with zero attached hydrogens (tertiary/aromatic N) is 5. The maximum absolute atomic E-state index is 11.9. The van der Waals surface area contributed by atoms with Crippen LogP contribution in [0.2, 0.25) is 0 Å². The third-order valence-corrected chi connectivity index (χ3v) is 4.50. The van der Waals surface area contributed by atoms with E-state index in [4.69, 9.17) is 25.3 Å². The molecule has 18 heavy (non-hydrogen) atoms. The van der Waals surface area contributed by atoms with Crippen LogP contribution >= 0.6 is 23.4 Å². The molecule has 0 spiro atoms. The zero-order valence-electron chi connectivity index (χ0n) is 9.10. The Morgan fingerprint density at radius 3 is 3.00 bits per heavy atom. The summed E-state index contributed by atoms with van der Waals surface area (Å²) in [4.78, 5) is 13.5. The molecule has 2 aliphatic rings. The number of β-lactam (4-membered cyclic amide) rings is 1. The molecule has 1 amide bonds. The van der Waals surface area contributed by atoms with Crippen LogP contribution in [0.15, 0.2) is 11.0 Å². The fourth-order valence-electron chi connectivity index (χ4n) is 2.08. The molecule has 92 valence electrons. The van der Waals surface area contributed by atoms with Crippen LogP contribution in [0.3, 0.4) is 0 Å². The summed E-state index contributed by atoms with van der Waals surface area (Å²) in [6, 6.07) is -0.906. The van der Waals surface area contributed by atoms with Gasteiger partial charge in [-0.2, -0.15) is 0 Å². The van der Waals surface area contributed by atoms with E-state index in [-0.39, 0.29) is 17.2 Å². The second-order valence-corrected chi connectivity index (χ2v) is 5.25. The van der Waals surface area contributed by atoms with E-state index in [1.54, 1.807) is 4.90 Å². The zero-order valence-corrected chi connectivity index (χ0v) is 10.7. The van der Waals surface area contributed by atoms with Gasteiger partial charge in [0, 0.05) is 5.88 Å². The highest BCUT2D eigenvalue weighted by Crippen LogP contribution is 2.45. The van der Waals surface area contributed by atoms with Gasteiger partial charge in [-0.15, -0.1) is 33.6 Å². The van der Waals surface area contributed by atoms with Gasteiger partial charge in [0.1, 0.15) is 17.5 Å². The number of halogens is 1. The fourth-order valence-corrected chi connectivity index (χ4v) is 3.56. The van der Waals surface area contributed by atoms with Crippen molar-refractivity contribution in [3.05, 3.63) is 16.8 Å². The lowest BCUT2D eigenvalue weighted by molar-refractivity contribution is -0.147. The van der Waals surface area contributed by atoms with E-state index in [1.807, 2.05) is 5.41 Å². The number of alkyl halides is 1. The summed E-state index contributed by atoms with van der Waals surface area (Å²) in [5, 5.41) is 13.2. The molecule has 7 nitrogen and oxygen atoms in total. The smallest absolute Gasteiger partial charge is 0.298 e. The van der Waals surface area contributed by atoms with Gasteiger partial charge in [-0.05, 0) is 11.0 Å². The summed E-state index contributed by atoms with van der Waals surface area (Å²) in [7, 11) is 5.38. The van der Waals surface area contributed by atoms with E-state index >= 15 is 0 Å². The van der Waals surface area contributed by atoms with E-state index in [0.29, 0.717) is 5.82 Å². The van der Waals surface area contributed by atoms with Crippen molar-refractivity contribution in [3.8, 4) is 0 Å². The van der Waals surface area contributed by atoms with Gasteiger partial charge in [0.25, 0.3) is 7.98 Å². The van der Waals surface area contributed by atoms with Crippen molar-refractivity contribution in [1.82, 2.24) is 25.0 Å². The van der Waals surface area contributed by atoms with E-state index in [1.165, 1.54) is 11.8 Å². The van der Waals surface area contributed by atoms with Crippen molar-refractivity contribution in [2.75, 3.05) is 5.88 Å². The lowest BCUT2D eigenvalue weighted by atomic mass is 9.99. The molecule has 3 rings (SSSR count). The molecular weight excluding hydrogens is 274 g/mol. The number of thioether (sulfide) groups is 1. The molecule has 3 atom stereocenters. The SMILES string of the molecule is [B]n1nnc([C@H]2C(CCl)=CS[C@@H]3[C@H](N)C(=O)N23)n1. The standard InChI is InChI=1S/C8H8BClN6OS/c9-16-13-6(12-14-16)5-3(1-10)2-18-8-4(11)7(17)15(5)8/h2,4-5,8H,1,11H2/t4-,5-,8-/m1/s1. The first kappa shape index (κ1) is 12.0. The number of rotatable bonds is 2. The molecule has 1 saturated heterocycles. The summed E-state index contributed by atoms with van der Waals surface area (Å²) in [5.41, 5.74) is 6.59. The monoisotopic (exact) mass is 282 g/mol. The molecule has 0 unspecified atom stereocenters. The van der Waals surface area contributed by atoms with Gasteiger partial charge in [-0.3, -0.25) is 4.79 Å². The van der Waals surface area contributed by atoms with Crippen LogP contribution in [0.25, 0.3) is 0 Å². The third-order valence-electron chi connectivity index (χ3n) is 2.95. The first-order valence-corrected chi connectivity index (χ1v) is 6.64. The van der Waals surface area contributed by atoms with Crippen LogP contribution in [0.4, 0.5) is 0 Å². The van der Waals surface area contributed by atoms with Gasteiger partial charge in [-0.1, -0.05) is 5.21 Å². The molecule has 2 N–H and O–H groups in total. The Morgan fingerprint density at radius 2 is 2.39 bits per heavy atom. The maximum atomic E-state index is 11.9. The van der Waals surface area contributed by atoms with E-state index in [0.717, 1.165) is 10.3 Å². The van der Waals surface area contributed by atoms with Crippen molar-refractivity contribution in [2.24, 2.45) is 5.73 Å². The predicted molar refractivity (Wildman–Crippen MR) is 66.7 cm³/mol. The first-order chi connectivity index (χ1) is 8.63. The van der Waals surface area contributed by atoms with Crippen LogP contribution in [-0.2, 0) is 4.79 Å². The second-order valence-electron chi connectivity index (χ2n) is 3.99. The summed E-state index contributed by atoms with van der Waals surface area (Å²) in [5.74, 6) is 0.499. The molecule has 1 aromatic rings. The van der Waals surface area contributed by atoms with Crippen molar-refractivity contribution >= 4 is 37.3 Å². The second kappa shape index (κ2) is 4.25. The van der Waals surface area contributed by atoms with Crippen molar-refractivity contribution in [3.63, 3.8) is 0 Å². The highest BCUT2D eigenvalue weighted by atomic mass is 35.5. The van der Waals surface area contributed by atoms with Crippen molar-refractivity contribution in [1.29, 1.82) is 0 Å². The Kier molecular flexibility index (Phi) is 2.83. The number of carbonyl (C=O) groups is 1. The van der Waals surface area contributed by atoms with E-state index in [9.17, 15) is 4.79 Å². The normalized spacial score (nSPS) is 30.8. The molecule has 10 heteroatoms. The minimum atomic E-state index is -0.487. The summed E-state index contributed by atoms with van der Waals surface area (Å²) >= 11 is 7.37. The fraction of sp³-hybridized carbons (Fsp3) is 0.500. The molecule has 2 aliphatic heterocycles. The highest BCUT2D eigenvalue weighted by molar-refractivity contribution is 8.02. The first-order valence-electron chi connectivity index (χ1n) is 5.16. The Bertz CT molecular complexity index is 535. The average Bonchev–Trinajstić information content (AvgIpc) is 2.82. The molecule has 2 radical (unpaired) electrons. The molecule has 1 fully saturated rings. The number of nitrogens with two attached hydrogens (primary N) is 1. The Hall–Kier alpha value is -1.06. The number of carbonyl (C=O) groups excluding carboxylic acids is 1. The molecule has 0 bridgehead atoms. The third kappa shape index (κ3) is 1.58. The van der Waals surface area contributed by atoms with Crippen molar-refractivity contribution < 1.29 is 4.79 Å². The highest BCUT2D eigenvalue weighted by Gasteiger charge is 2.52. The molecule has 0 aromatic carbocycles. The van der Waals surface area contributed by atoms with Crippen LogP contribution in [-0.4, -0.2) is 56.2 Å². The zero-order chi connectivity index (χ0) is 12.9. The van der Waals surface area contributed by atoms with E-state index < -0.39 is 12.1 Å². The number of tetrazole rings is 1. The Balaban J connectivity index is 2.00. The van der Waals surface area contributed by atoms with Gasteiger partial charge in [-0.25, -0.2) is 4.71 Å². The van der Waals surface area contributed by atoms with Gasteiger partial charge < -0.3 is 10.6 Å². The van der Waals surface area contributed by atoms with E-state index in [2.05, 4.69) is 15.4 Å². The Labute approximate surface area is 113 Å². The van der Waals surface area contributed by atoms with Crippen molar-refractivity contribution in [2.45, 2.75) is 17.5 Å². The van der Waals surface area contributed by atoms with Gasteiger partial charge in [0.15, 0.2) is 5.82 Å². The van der Waals surface area contributed by atoms with Gasteiger partial charge >= 0.3 is 0 Å². The van der Waals surface area contributed by atoms with Crippen LogP contribution in [0, 0.1) is 0 Å². The molecule has 0 aliphatic carbocycles. The number of hydrogen-bond donors (Lipinski definition) is 1. The molecular formula is C8H8BClN6OS. The maximum Gasteiger partial charge on any atom is 0.298 e. The minimum absolute atomic E-state index is 0.0980. The molecule has 3 heterocycles.